The van der Waals surface area contributed by atoms with Crippen LogP contribution in [0.15, 0.2) is 43.0 Å². The Bertz CT molecular complexity index is 1400. The first-order valence-corrected chi connectivity index (χ1v) is 10.2. The van der Waals surface area contributed by atoms with Gasteiger partial charge < -0.3 is 0 Å². The first-order chi connectivity index (χ1) is 14.5. The fourth-order valence-corrected chi connectivity index (χ4v) is 4.67. The van der Waals surface area contributed by atoms with Gasteiger partial charge in [-0.25, -0.2) is 14.5 Å². The molecule has 1 aromatic carbocycles. The number of rotatable bonds is 5. The van der Waals surface area contributed by atoms with E-state index in [9.17, 15) is 10.1 Å². The Hall–Kier alpha value is -3.66. The zero-order valence-electron chi connectivity index (χ0n) is 16.3. The summed E-state index contributed by atoms with van der Waals surface area (Å²) in [4.78, 5) is 21.9. The summed E-state index contributed by atoms with van der Waals surface area (Å²) in [5, 5.41) is 20.5. The molecule has 0 N–H and O–H groups in total. The molecule has 0 radical (unpaired) electrons. The molecule has 0 atom stereocenters. The van der Waals surface area contributed by atoms with E-state index in [1.54, 1.807) is 26.9 Å². The van der Waals surface area contributed by atoms with E-state index in [4.69, 9.17) is 4.98 Å². The van der Waals surface area contributed by atoms with E-state index in [0.29, 0.717) is 12.4 Å². The van der Waals surface area contributed by atoms with Crippen molar-refractivity contribution in [3.8, 4) is 11.4 Å². The van der Waals surface area contributed by atoms with Gasteiger partial charge in [-0.1, -0.05) is 31.2 Å². The molecule has 9 nitrogen and oxygen atoms in total. The molecule has 4 heterocycles. The predicted octanol–water partition coefficient (Wildman–Crippen LogP) is 4.03. The van der Waals surface area contributed by atoms with Gasteiger partial charge in [0.15, 0.2) is 11.5 Å². The SMILES string of the molecule is CCc1c(C)sc2ncn3nc(-c4ccc(Cn5cc([N+](=O)[O-])cn5)cc4)nc3c12. The standard InChI is InChI=1S/C20H17N7O2S/c1-3-16-12(2)30-20-17(16)19-23-18(24-26(19)11-21-20)14-6-4-13(5-7-14)9-25-10-15(8-22-25)27(28)29/h4-8,10-11H,3,9H2,1-2H3. The highest BCUT2D eigenvalue weighted by Gasteiger charge is 2.16. The van der Waals surface area contributed by atoms with Crippen LogP contribution >= 0.6 is 11.3 Å². The van der Waals surface area contributed by atoms with Gasteiger partial charge in [0.1, 0.15) is 23.6 Å². The second-order valence-electron chi connectivity index (χ2n) is 6.97. The number of aromatic nitrogens is 6. The first kappa shape index (κ1) is 18.4. The van der Waals surface area contributed by atoms with Crippen molar-refractivity contribution in [3.63, 3.8) is 0 Å². The first-order valence-electron chi connectivity index (χ1n) is 9.43. The molecule has 0 amide bonds. The summed E-state index contributed by atoms with van der Waals surface area (Å²) in [6.45, 7) is 4.71. The molecule has 4 aromatic heterocycles. The Morgan fingerprint density at radius 1 is 1.23 bits per heavy atom. The zero-order chi connectivity index (χ0) is 20.8. The monoisotopic (exact) mass is 419 g/mol. The summed E-state index contributed by atoms with van der Waals surface area (Å²) >= 11 is 1.69. The number of hydrogen-bond donors (Lipinski definition) is 0. The van der Waals surface area contributed by atoms with Gasteiger partial charge in [-0.2, -0.15) is 5.10 Å². The van der Waals surface area contributed by atoms with Crippen LogP contribution in [0, 0.1) is 17.0 Å². The highest BCUT2D eigenvalue weighted by molar-refractivity contribution is 7.18. The number of nitrogens with zero attached hydrogens (tertiary/aromatic N) is 7. The summed E-state index contributed by atoms with van der Waals surface area (Å²) in [7, 11) is 0. The minimum Gasteiger partial charge on any atom is -0.261 e. The van der Waals surface area contributed by atoms with Crippen LogP contribution in [0.2, 0.25) is 0 Å². The van der Waals surface area contributed by atoms with Gasteiger partial charge in [0.05, 0.1) is 16.9 Å². The predicted molar refractivity (Wildman–Crippen MR) is 114 cm³/mol. The van der Waals surface area contributed by atoms with Gasteiger partial charge in [-0.15, -0.1) is 16.4 Å². The van der Waals surface area contributed by atoms with E-state index in [1.807, 2.05) is 24.3 Å². The van der Waals surface area contributed by atoms with Gasteiger partial charge >= 0.3 is 5.69 Å². The van der Waals surface area contributed by atoms with E-state index in [0.717, 1.165) is 33.4 Å². The highest BCUT2D eigenvalue weighted by atomic mass is 32.1. The van der Waals surface area contributed by atoms with Gasteiger partial charge in [-0.3, -0.25) is 14.8 Å². The van der Waals surface area contributed by atoms with Gasteiger partial charge in [-0.05, 0) is 24.5 Å². The largest absolute Gasteiger partial charge is 0.307 e. The number of hydrogen-bond acceptors (Lipinski definition) is 7. The second kappa shape index (κ2) is 6.99. The van der Waals surface area contributed by atoms with Crippen LogP contribution in [0.3, 0.4) is 0 Å². The fraction of sp³-hybridized carbons (Fsp3) is 0.200. The third-order valence-electron chi connectivity index (χ3n) is 5.07. The van der Waals surface area contributed by atoms with Gasteiger partial charge in [0.25, 0.3) is 0 Å². The van der Waals surface area contributed by atoms with Gasteiger partial charge in [0.2, 0.25) is 0 Å². The smallest absolute Gasteiger partial charge is 0.261 e. The second-order valence-corrected chi connectivity index (χ2v) is 8.17. The minimum atomic E-state index is -0.452. The number of thiophene rings is 1. The van der Waals surface area contributed by atoms with E-state index >= 15 is 0 Å². The maximum absolute atomic E-state index is 10.8. The molecule has 0 aliphatic heterocycles. The molecule has 0 fully saturated rings. The van der Waals surface area contributed by atoms with E-state index in [2.05, 4.69) is 29.0 Å². The van der Waals surface area contributed by atoms with Crippen molar-refractivity contribution >= 4 is 32.9 Å². The van der Waals surface area contributed by atoms with E-state index < -0.39 is 4.92 Å². The molecule has 0 spiro atoms. The maximum atomic E-state index is 10.8. The lowest BCUT2D eigenvalue weighted by Gasteiger charge is -2.02. The fourth-order valence-electron chi connectivity index (χ4n) is 3.59. The summed E-state index contributed by atoms with van der Waals surface area (Å²) in [6, 6.07) is 7.81. The molecule has 0 saturated heterocycles. The van der Waals surface area contributed by atoms with Crippen molar-refractivity contribution in [1.29, 1.82) is 0 Å². The number of nitro groups is 1. The van der Waals surface area contributed by atoms with Crippen molar-refractivity contribution in [2.45, 2.75) is 26.8 Å². The Balaban J connectivity index is 1.47. The highest BCUT2D eigenvalue weighted by Crippen LogP contribution is 2.32. The van der Waals surface area contributed by atoms with E-state index in [1.165, 1.54) is 22.8 Å². The summed E-state index contributed by atoms with van der Waals surface area (Å²) < 4.78 is 3.28. The van der Waals surface area contributed by atoms with Crippen molar-refractivity contribution in [2.24, 2.45) is 0 Å². The minimum absolute atomic E-state index is 0.0180. The van der Waals surface area contributed by atoms with Crippen LogP contribution < -0.4 is 0 Å². The number of benzene rings is 1. The van der Waals surface area contributed by atoms with E-state index in [-0.39, 0.29) is 5.69 Å². The third kappa shape index (κ3) is 3.01. The van der Waals surface area contributed by atoms with Crippen LogP contribution in [0.1, 0.15) is 22.9 Å². The average molecular weight is 419 g/mol. The number of fused-ring (bicyclic) bond motifs is 3. The van der Waals surface area contributed by atoms with Gasteiger partial charge in [0, 0.05) is 10.4 Å². The lowest BCUT2D eigenvalue weighted by Crippen LogP contribution is -1.99. The van der Waals surface area contributed by atoms with Crippen LogP contribution in [-0.4, -0.2) is 34.3 Å². The lowest BCUT2D eigenvalue weighted by molar-refractivity contribution is -0.385. The van der Waals surface area contributed by atoms with Crippen molar-refractivity contribution in [1.82, 2.24) is 29.4 Å². The molecule has 150 valence electrons. The maximum Gasteiger partial charge on any atom is 0.307 e. The molecule has 0 aliphatic carbocycles. The molecule has 5 rings (SSSR count). The lowest BCUT2D eigenvalue weighted by atomic mass is 10.1. The Kier molecular flexibility index (Phi) is 4.28. The van der Waals surface area contributed by atoms with Crippen molar-refractivity contribution < 1.29 is 4.92 Å². The molecule has 10 heteroatoms. The average Bonchev–Trinajstić information content (AvgIpc) is 3.44. The zero-order valence-corrected chi connectivity index (χ0v) is 17.1. The van der Waals surface area contributed by atoms with Crippen LogP contribution in [0.25, 0.3) is 27.3 Å². The summed E-state index contributed by atoms with van der Waals surface area (Å²) in [5.74, 6) is 0.636. The Morgan fingerprint density at radius 2 is 2.03 bits per heavy atom. The van der Waals surface area contributed by atoms with Crippen molar-refractivity contribution in [3.05, 3.63) is 69.1 Å². The molecule has 5 aromatic rings. The molecule has 0 aliphatic rings. The van der Waals surface area contributed by atoms with Crippen LogP contribution in [0.4, 0.5) is 5.69 Å². The Labute approximate surface area is 174 Å². The molecular formula is C20H17N7O2S. The molecule has 0 unspecified atom stereocenters. The molecule has 0 saturated carbocycles. The van der Waals surface area contributed by atoms with Crippen LogP contribution in [0.5, 0.6) is 0 Å². The van der Waals surface area contributed by atoms with Crippen molar-refractivity contribution in [2.75, 3.05) is 0 Å². The molecular weight excluding hydrogens is 402 g/mol. The molecule has 30 heavy (non-hydrogen) atoms. The summed E-state index contributed by atoms with van der Waals surface area (Å²) in [5.41, 5.74) is 3.95. The van der Waals surface area contributed by atoms with Crippen LogP contribution in [-0.2, 0) is 13.0 Å². The normalized spacial score (nSPS) is 11.5. The summed E-state index contributed by atoms with van der Waals surface area (Å²) in [6.07, 6.45) is 5.31. The third-order valence-corrected chi connectivity index (χ3v) is 6.13. The number of aryl methyl sites for hydroxylation is 2. The Morgan fingerprint density at radius 3 is 2.73 bits per heavy atom. The topological polar surface area (TPSA) is 104 Å². The quantitative estimate of drug-likeness (QED) is 0.315. The molecule has 0 bridgehead atoms.